The highest BCUT2D eigenvalue weighted by Gasteiger charge is 2.39. The average molecular weight is 405 g/mol. The molecule has 1 aliphatic rings. The van der Waals surface area contributed by atoms with Crippen molar-refractivity contribution in [2.45, 2.75) is 50.0 Å². The van der Waals surface area contributed by atoms with E-state index in [-0.39, 0.29) is 22.8 Å². The van der Waals surface area contributed by atoms with Crippen LogP contribution in [0.1, 0.15) is 39.2 Å². The Kier molecular flexibility index (Phi) is 5.59. The molecule has 0 aromatic heterocycles. The monoisotopic (exact) mass is 404 g/mol. The van der Waals surface area contributed by atoms with Gasteiger partial charge in [0.1, 0.15) is 11.9 Å². The lowest BCUT2D eigenvalue weighted by molar-refractivity contribution is -0.119. The van der Waals surface area contributed by atoms with E-state index in [4.69, 9.17) is 0 Å². The zero-order valence-electron chi connectivity index (χ0n) is 16.3. The average Bonchev–Trinajstić information content (AvgIpc) is 3.12. The number of amides is 1. The lowest BCUT2D eigenvalue weighted by atomic mass is 9.87. The third-order valence-corrected chi connectivity index (χ3v) is 6.87. The van der Waals surface area contributed by atoms with Crippen LogP contribution < -0.4 is 5.32 Å². The van der Waals surface area contributed by atoms with Crippen LogP contribution in [0.2, 0.25) is 0 Å². The summed E-state index contributed by atoms with van der Waals surface area (Å²) in [6.45, 7) is 6.59. The van der Waals surface area contributed by atoms with Crippen LogP contribution in [0.4, 0.5) is 10.1 Å². The lowest BCUT2D eigenvalue weighted by Gasteiger charge is -2.24. The van der Waals surface area contributed by atoms with E-state index >= 15 is 0 Å². The molecule has 0 saturated carbocycles. The predicted molar refractivity (Wildman–Crippen MR) is 107 cm³/mol. The second kappa shape index (κ2) is 7.64. The SMILES string of the molecule is CC(C)(C)c1ccc(NC(=O)[C@H]2CCCN2S(=O)(=O)c2ccc(F)cc2)cc1. The number of nitrogens with one attached hydrogen (secondary N) is 1. The van der Waals surface area contributed by atoms with Crippen LogP contribution in [0.5, 0.6) is 0 Å². The first kappa shape index (κ1) is 20.5. The Balaban J connectivity index is 1.77. The van der Waals surface area contributed by atoms with Crippen LogP contribution in [0, 0.1) is 5.82 Å². The van der Waals surface area contributed by atoms with Gasteiger partial charge in [0, 0.05) is 12.2 Å². The normalized spacial score (nSPS) is 18.2. The molecule has 2 aromatic rings. The molecule has 0 unspecified atom stereocenters. The minimum absolute atomic E-state index is 0.00796. The fourth-order valence-corrected chi connectivity index (χ4v) is 4.97. The molecule has 1 fully saturated rings. The van der Waals surface area contributed by atoms with Gasteiger partial charge >= 0.3 is 0 Å². The van der Waals surface area contributed by atoms with Crippen LogP contribution >= 0.6 is 0 Å². The van der Waals surface area contributed by atoms with E-state index in [0.717, 1.165) is 17.7 Å². The molecule has 28 heavy (non-hydrogen) atoms. The number of hydrogen-bond donors (Lipinski definition) is 1. The number of anilines is 1. The van der Waals surface area contributed by atoms with Crippen molar-refractivity contribution in [3.05, 3.63) is 59.9 Å². The number of sulfonamides is 1. The molecule has 0 radical (unpaired) electrons. The quantitative estimate of drug-likeness (QED) is 0.840. The Hall–Kier alpha value is -2.25. The molecule has 1 heterocycles. The van der Waals surface area contributed by atoms with Crippen LogP contribution in [0.15, 0.2) is 53.4 Å². The molecule has 0 bridgehead atoms. The molecule has 0 spiro atoms. The number of benzene rings is 2. The summed E-state index contributed by atoms with van der Waals surface area (Å²) in [5.41, 5.74) is 1.78. The molecular formula is C21H25FN2O3S. The third kappa shape index (κ3) is 4.25. The highest BCUT2D eigenvalue weighted by molar-refractivity contribution is 7.89. The summed E-state index contributed by atoms with van der Waals surface area (Å²) < 4.78 is 40.1. The zero-order valence-corrected chi connectivity index (χ0v) is 17.1. The first-order valence-electron chi connectivity index (χ1n) is 9.28. The topological polar surface area (TPSA) is 66.5 Å². The van der Waals surface area contributed by atoms with E-state index in [1.807, 2.05) is 24.3 Å². The van der Waals surface area contributed by atoms with Gasteiger partial charge in [-0.05, 0) is 60.2 Å². The van der Waals surface area contributed by atoms with Crippen molar-refractivity contribution >= 4 is 21.6 Å². The fourth-order valence-electron chi connectivity index (χ4n) is 3.31. The highest BCUT2D eigenvalue weighted by Crippen LogP contribution is 2.28. The molecule has 1 atom stereocenters. The Morgan fingerprint density at radius 3 is 2.25 bits per heavy atom. The molecule has 0 aliphatic carbocycles. The molecular weight excluding hydrogens is 379 g/mol. The van der Waals surface area contributed by atoms with Crippen LogP contribution in [-0.2, 0) is 20.2 Å². The molecule has 5 nitrogen and oxygen atoms in total. The van der Waals surface area contributed by atoms with E-state index in [2.05, 4.69) is 26.1 Å². The van der Waals surface area contributed by atoms with Gasteiger partial charge in [-0.25, -0.2) is 12.8 Å². The molecule has 1 saturated heterocycles. The minimum Gasteiger partial charge on any atom is -0.325 e. The summed E-state index contributed by atoms with van der Waals surface area (Å²) in [6.07, 6.45) is 1.05. The van der Waals surface area contributed by atoms with Gasteiger partial charge in [-0.3, -0.25) is 4.79 Å². The number of carbonyl (C=O) groups is 1. The maximum Gasteiger partial charge on any atom is 0.243 e. The predicted octanol–water partition coefficient (Wildman–Crippen LogP) is 3.92. The van der Waals surface area contributed by atoms with E-state index in [0.29, 0.717) is 18.5 Å². The van der Waals surface area contributed by atoms with Gasteiger partial charge in [0.05, 0.1) is 4.90 Å². The Morgan fingerprint density at radius 2 is 1.68 bits per heavy atom. The van der Waals surface area contributed by atoms with Gasteiger partial charge in [0.15, 0.2) is 0 Å². The molecule has 1 aliphatic heterocycles. The maximum atomic E-state index is 13.1. The van der Waals surface area contributed by atoms with Crippen molar-refractivity contribution in [3.8, 4) is 0 Å². The second-order valence-electron chi connectivity index (χ2n) is 8.04. The van der Waals surface area contributed by atoms with Gasteiger partial charge in [-0.1, -0.05) is 32.9 Å². The lowest BCUT2D eigenvalue weighted by Crippen LogP contribution is -2.43. The molecule has 1 amide bonds. The molecule has 3 rings (SSSR count). The van der Waals surface area contributed by atoms with E-state index < -0.39 is 21.9 Å². The van der Waals surface area contributed by atoms with Gasteiger partial charge in [0.2, 0.25) is 15.9 Å². The van der Waals surface area contributed by atoms with Crippen molar-refractivity contribution in [2.24, 2.45) is 0 Å². The summed E-state index contributed by atoms with van der Waals surface area (Å²) in [7, 11) is -3.86. The highest BCUT2D eigenvalue weighted by atomic mass is 32.2. The van der Waals surface area contributed by atoms with E-state index in [1.165, 1.54) is 16.4 Å². The van der Waals surface area contributed by atoms with E-state index in [1.54, 1.807) is 0 Å². The van der Waals surface area contributed by atoms with Crippen molar-refractivity contribution < 1.29 is 17.6 Å². The molecule has 150 valence electrons. The Bertz CT molecular complexity index is 949. The summed E-state index contributed by atoms with van der Waals surface area (Å²) in [5, 5.41) is 2.82. The van der Waals surface area contributed by atoms with Crippen LogP contribution in [0.3, 0.4) is 0 Å². The van der Waals surface area contributed by atoms with E-state index in [9.17, 15) is 17.6 Å². The first-order chi connectivity index (χ1) is 13.1. The smallest absolute Gasteiger partial charge is 0.243 e. The zero-order chi connectivity index (χ0) is 20.5. The van der Waals surface area contributed by atoms with Crippen molar-refractivity contribution in [1.82, 2.24) is 4.31 Å². The van der Waals surface area contributed by atoms with Gasteiger partial charge in [-0.2, -0.15) is 4.31 Å². The number of nitrogens with zero attached hydrogens (tertiary/aromatic N) is 1. The summed E-state index contributed by atoms with van der Waals surface area (Å²) in [6, 6.07) is 11.4. The number of hydrogen-bond acceptors (Lipinski definition) is 3. The largest absolute Gasteiger partial charge is 0.325 e. The summed E-state index contributed by atoms with van der Waals surface area (Å²) in [5.74, 6) is -0.861. The first-order valence-corrected chi connectivity index (χ1v) is 10.7. The van der Waals surface area contributed by atoms with Crippen molar-refractivity contribution in [1.29, 1.82) is 0 Å². The fraction of sp³-hybridized carbons (Fsp3) is 0.381. The standard InChI is InChI=1S/C21H25FN2O3S/c1-21(2,3)15-6-10-17(11-7-15)23-20(25)19-5-4-14-24(19)28(26,27)18-12-8-16(22)9-13-18/h6-13,19H,4-5,14H2,1-3H3,(H,23,25)/t19-/m1/s1. The van der Waals surface area contributed by atoms with Crippen LogP contribution in [-0.4, -0.2) is 31.2 Å². The number of carbonyl (C=O) groups excluding carboxylic acids is 1. The minimum atomic E-state index is -3.86. The maximum absolute atomic E-state index is 13.1. The molecule has 1 N–H and O–H groups in total. The molecule has 2 aromatic carbocycles. The van der Waals surface area contributed by atoms with Crippen molar-refractivity contribution in [3.63, 3.8) is 0 Å². The van der Waals surface area contributed by atoms with Gasteiger partial charge in [0.25, 0.3) is 0 Å². The van der Waals surface area contributed by atoms with Gasteiger partial charge < -0.3 is 5.32 Å². The Morgan fingerprint density at radius 1 is 1.07 bits per heavy atom. The van der Waals surface area contributed by atoms with Crippen LogP contribution in [0.25, 0.3) is 0 Å². The summed E-state index contributed by atoms with van der Waals surface area (Å²) in [4.78, 5) is 12.8. The Labute approximate surface area is 165 Å². The second-order valence-corrected chi connectivity index (χ2v) is 9.93. The molecule has 7 heteroatoms. The third-order valence-electron chi connectivity index (χ3n) is 4.95. The van der Waals surface area contributed by atoms with Gasteiger partial charge in [-0.15, -0.1) is 0 Å². The number of rotatable bonds is 4. The summed E-state index contributed by atoms with van der Waals surface area (Å²) >= 11 is 0. The van der Waals surface area contributed by atoms with Crippen molar-refractivity contribution in [2.75, 3.05) is 11.9 Å². The number of halogens is 1.